The van der Waals surface area contributed by atoms with Crippen molar-refractivity contribution in [1.29, 1.82) is 0 Å². The standard InChI is InChI=1S/C18H21Cl2N/c1-4-21-18(15-6-5-7-16(19)17(15)20)14-10-8-13(9-11-14)12(2)3/h5-12,18,21H,4H2,1-3H3. The molecule has 3 heteroatoms. The van der Waals surface area contributed by atoms with Crippen molar-refractivity contribution in [3.8, 4) is 0 Å². The first-order valence-electron chi connectivity index (χ1n) is 7.31. The van der Waals surface area contributed by atoms with Crippen LogP contribution in [0.3, 0.4) is 0 Å². The van der Waals surface area contributed by atoms with E-state index in [0.29, 0.717) is 16.0 Å². The number of hydrogen-bond acceptors (Lipinski definition) is 1. The van der Waals surface area contributed by atoms with E-state index in [1.54, 1.807) is 0 Å². The average Bonchev–Trinajstić information content (AvgIpc) is 2.48. The van der Waals surface area contributed by atoms with E-state index < -0.39 is 0 Å². The highest BCUT2D eigenvalue weighted by Gasteiger charge is 2.17. The maximum atomic E-state index is 6.38. The number of nitrogens with one attached hydrogen (secondary N) is 1. The van der Waals surface area contributed by atoms with Crippen LogP contribution in [0.1, 0.15) is 49.4 Å². The molecule has 1 unspecified atom stereocenters. The summed E-state index contributed by atoms with van der Waals surface area (Å²) in [6.45, 7) is 7.35. The minimum absolute atomic E-state index is 0.0578. The van der Waals surface area contributed by atoms with E-state index in [4.69, 9.17) is 23.2 Å². The highest BCUT2D eigenvalue weighted by molar-refractivity contribution is 6.42. The van der Waals surface area contributed by atoms with Crippen molar-refractivity contribution in [3.05, 3.63) is 69.2 Å². The first-order chi connectivity index (χ1) is 10.0. The Hall–Kier alpha value is -1.02. The monoisotopic (exact) mass is 321 g/mol. The lowest BCUT2D eigenvalue weighted by atomic mass is 9.95. The topological polar surface area (TPSA) is 12.0 Å². The molecule has 0 spiro atoms. The van der Waals surface area contributed by atoms with E-state index in [9.17, 15) is 0 Å². The largest absolute Gasteiger partial charge is 0.306 e. The third kappa shape index (κ3) is 3.79. The van der Waals surface area contributed by atoms with Crippen LogP contribution < -0.4 is 5.32 Å². The number of hydrogen-bond donors (Lipinski definition) is 1. The van der Waals surface area contributed by atoms with Crippen LogP contribution in [0.4, 0.5) is 0 Å². The van der Waals surface area contributed by atoms with Crippen molar-refractivity contribution in [2.45, 2.75) is 32.7 Å². The van der Waals surface area contributed by atoms with Gasteiger partial charge in [-0.1, -0.05) is 80.4 Å². The van der Waals surface area contributed by atoms with Crippen molar-refractivity contribution >= 4 is 23.2 Å². The van der Waals surface area contributed by atoms with Crippen LogP contribution in [0.25, 0.3) is 0 Å². The van der Waals surface area contributed by atoms with Gasteiger partial charge >= 0.3 is 0 Å². The van der Waals surface area contributed by atoms with Gasteiger partial charge in [0.25, 0.3) is 0 Å². The van der Waals surface area contributed by atoms with E-state index in [1.165, 1.54) is 11.1 Å². The maximum absolute atomic E-state index is 6.38. The van der Waals surface area contributed by atoms with Crippen LogP contribution in [-0.4, -0.2) is 6.54 Å². The van der Waals surface area contributed by atoms with Crippen LogP contribution >= 0.6 is 23.2 Å². The Morgan fingerprint density at radius 2 is 1.57 bits per heavy atom. The molecule has 0 aromatic heterocycles. The molecular weight excluding hydrogens is 301 g/mol. The van der Waals surface area contributed by atoms with Gasteiger partial charge < -0.3 is 5.32 Å². The summed E-state index contributed by atoms with van der Waals surface area (Å²) in [6, 6.07) is 14.5. The molecule has 0 saturated carbocycles. The summed E-state index contributed by atoms with van der Waals surface area (Å²) in [6.07, 6.45) is 0. The minimum Gasteiger partial charge on any atom is -0.306 e. The molecule has 0 aliphatic carbocycles. The molecule has 0 saturated heterocycles. The maximum Gasteiger partial charge on any atom is 0.0643 e. The highest BCUT2D eigenvalue weighted by Crippen LogP contribution is 2.33. The van der Waals surface area contributed by atoms with Gasteiger partial charge in [-0.05, 0) is 35.2 Å². The zero-order chi connectivity index (χ0) is 15.4. The second-order valence-corrected chi connectivity index (χ2v) is 6.24. The minimum atomic E-state index is 0.0578. The van der Waals surface area contributed by atoms with Gasteiger partial charge in [-0.15, -0.1) is 0 Å². The van der Waals surface area contributed by atoms with Crippen molar-refractivity contribution in [1.82, 2.24) is 5.32 Å². The Kier molecular flexibility index (Phi) is 5.69. The zero-order valence-electron chi connectivity index (χ0n) is 12.7. The summed E-state index contributed by atoms with van der Waals surface area (Å²) in [7, 11) is 0. The zero-order valence-corrected chi connectivity index (χ0v) is 14.2. The van der Waals surface area contributed by atoms with Crippen molar-refractivity contribution in [2.75, 3.05) is 6.54 Å². The van der Waals surface area contributed by atoms with E-state index in [-0.39, 0.29) is 6.04 Å². The predicted molar refractivity (Wildman–Crippen MR) is 92.5 cm³/mol. The molecule has 0 amide bonds. The summed E-state index contributed by atoms with van der Waals surface area (Å²) in [5.41, 5.74) is 3.56. The third-order valence-corrected chi connectivity index (χ3v) is 4.47. The first-order valence-corrected chi connectivity index (χ1v) is 8.07. The molecule has 0 radical (unpaired) electrons. The molecule has 21 heavy (non-hydrogen) atoms. The van der Waals surface area contributed by atoms with Crippen molar-refractivity contribution in [2.24, 2.45) is 0 Å². The molecule has 0 bridgehead atoms. The van der Waals surface area contributed by atoms with Crippen LogP contribution in [0.15, 0.2) is 42.5 Å². The second kappa shape index (κ2) is 7.31. The van der Waals surface area contributed by atoms with Gasteiger partial charge in [0.05, 0.1) is 16.1 Å². The summed E-state index contributed by atoms with van der Waals surface area (Å²) >= 11 is 12.5. The number of halogens is 2. The van der Waals surface area contributed by atoms with Gasteiger partial charge in [0.2, 0.25) is 0 Å². The number of rotatable bonds is 5. The van der Waals surface area contributed by atoms with E-state index in [2.05, 4.69) is 50.4 Å². The van der Waals surface area contributed by atoms with Gasteiger partial charge in [-0.25, -0.2) is 0 Å². The van der Waals surface area contributed by atoms with Crippen molar-refractivity contribution in [3.63, 3.8) is 0 Å². The van der Waals surface area contributed by atoms with Crippen LogP contribution in [0, 0.1) is 0 Å². The normalized spacial score (nSPS) is 12.7. The molecule has 2 rings (SSSR count). The quantitative estimate of drug-likeness (QED) is 0.732. The SMILES string of the molecule is CCNC(c1ccc(C(C)C)cc1)c1cccc(Cl)c1Cl. The summed E-state index contributed by atoms with van der Waals surface area (Å²) < 4.78 is 0. The average molecular weight is 322 g/mol. The highest BCUT2D eigenvalue weighted by atomic mass is 35.5. The van der Waals surface area contributed by atoms with Crippen molar-refractivity contribution < 1.29 is 0 Å². The van der Waals surface area contributed by atoms with E-state index in [0.717, 1.165) is 12.1 Å². The molecule has 2 aromatic carbocycles. The predicted octanol–water partition coefficient (Wildman–Crippen LogP) is 5.82. The molecule has 1 atom stereocenters. The molecule has 0 aliphatic rings. The fourth-order valence-corrected chi connectivity index (χ4v) is 2.85. The summed E-state index contributed by atoms with van der Waals surface area (Å²) in [5.74, 6) is 0.534. The molecule has 0 fully saturated rings. The van der Waals surface area contributed by atoms with Crippen LogP contribution in [-0.2, 0) is 0 Å². The van der Waals surface area contributed by atoms with Gasteiger partial charge in [-0.3, -0.25) is 0 Å². The number of benzene rings is 2. The first kappa shape index (κ1) is 16.4. The van der Waals surface area contributed by atoms with Gasteiger partial charge in [0.1, 0.15) is 0 Å². The Labute approximate surface area is 137 Å². The Bertz CT molecular complexity index is 591. The molecule has 2 aromatic rings. The molecule has 112 valence electrons. The van der Waals surface area contributed by atoms with E-state index in [1.807, 2.05) is 18.2 Å². The summed E-state index contributed by atoms with van der Waals surface area (Å²) in [5, 5.41) is 4.71. The van der Waals surface area contributed by atoms with Crippen LogP contribution in [0.5, 0.6) is 0 Å². The smallest absolute Gasteiger partial charge is 0.0643 e. The summed E-state index contributed by atoms with van der Waals surface area (Å²) in [4.78, 5) is 0. The molecular formula is C18H21Cl2N. The van der Waals surface area contributed by atoms with Gasteiger partial charge in [0.15, 0.2) is 0 Å². The lowest BCUT2D eigenvalue weighted by Crippen LogP contribution is -2.22. The van der Waals surface area contributed by atoms with Crippen LogP contribution in [0.2, 0.25) is 10.0 Å². The fraction of sp³-hybridized carbons (Fsp3) is 0.333. The molecule has 0 heterocycles. The Morgan fingerprint density at radius 1 is 0.952 bits per heavy atom. The molecule has 1 N–H and O–H groups in total. The lowest BCUT2D eigenvalue weighted by Gasteiger charge is -2.21. The molecule has 1 nitrogen and oxygen atoms in total. The molecule has 0 aliphatic heterocycles. The Morgan fingerprint density at radius 3 is 2.14 bits per heavy atom. The third-order valence-electron chi connectivity index (χ3n) is 3.64. The fourth-order valence-electron chi connectivity index (χ4n) is 2.43. The lowest BCUT2D eigenvalue weighted by molar-refractivity contribution is 0.630. The Balaban J connectivity index is 2.41. The second-order valence-electron chi connectivity index (χ2n) is 5.46. The van der Waals surface area contributed by atoms with Gasteiger partial charge in [-0.2, -0.15) is 0 Å². The van der Waals surface area contributed by atoms with Gasteiger partial charge in [0, 0.05) is 0 Å². The van der Waals surface area contributed by atoms with E-state index >= 15 is 0 Å².